The van der Waals surface area contributed by atoms with E-state index in [2.05, 4.69) is 10.3 Å². The summed E-state index contributed by atoms with van der Waals surface area (Å²) in [6.45, 7) is 2.89. The lowest BCUT2D eigenvalue weighted by atomic mass is 10.1. The third-order valence-electron chi connectivity index (χ3n) is 2.00. The van der Waals surface area contributed by atoms with E-state index in [1.807, 2.05) is 13.0 Å². The van der Waals surface area contributed by atoms with Gasteiger partial charge in [0.15, 0.2) is 0 Å². The van der Waals surface area contributed by atoms with Gasteiger partial charge in [0.25, 0.3) is 0 Å². The molecule has 0 aromatic carbocycles. The standard InChI is InChI=1S/C10H16N2O2/c1-3-11-9(7-13)8-4-5-10(14-2)12-6-8/h4-6,9,11,13H,3,7H2,1-2H3. The zero-order chi connectivity index (χ0) is 10.4. The van der Waals surface area contributed by atoms with E-state index in [0.29, 0.717) is 5.88 Å². The first kappa shape index (κ1) is 10.9. The maximum atomic E-state index is 9.12. The van der Waals surface area contributed by atoms with Gasteiger partial charge in [0, 0.05) is 12.3 Å². The predicted molar refractivity (Wildman–Crippen MR) is 54.3 cm³/mol. The van der Waals surface area contributed by atoms with Crippen molar-refractivity contribution in [2.75, 3.05) is 20.3 Å². The van der Waals surface area contributed by atoms with Gasteiger partial charge < -0.3 is 15.2 Å². The van der Waals surface area contributed by atoms with Crippen LogP contribution in [0.5, 0.6) is 5.88 Å². The van der Waals surface area contributed by atoms with Crippen LogP contribution in [-0.4, -0.2) is 30.4 Å². The molecule has 1 heterocycles. The van der Waals surface area contributed by atoms with E-state index >= 15 is 0 Å². The summed E-state index contributed by atoms with van der Waals surface area (Å²) in [5, 5.41) is 12.3. The molecule has 1 unspecified atom stereocenters. The molecule has 14 heavy (non-hydrogen) atoms. The number of ether oxygens (including phenoxy) is 1. The Morgan fingerprint density at radius 1 is 1.57 bits per heavy atom. The zero-order valence-electron chi connectivity index (χ0n) is 8.53. The fourth-order valence-corrected chi connectivity index (χ4v) is 1.25. The SMILES string of the molecule is CCNC(CO)c1ccc(OC)nc1. The van der Waals surface area contributed by atoms with Gasteiger partial charge in [0.2, 0.25) is 5.88 Å². The molecule has 1 rings (SSSR count). The highest BCUT2D eigenvalue weighted by Crippen LogP contribution is 2.13. The van der Waals surface area contributed by atoms with Gasteiger partial charge in [-0.1, -0.05) is 13.0 Å². The Bertz CT molecular complexity index is 261. The van der Waals surface area contributed by atoms with Crippen molar-refractivity contribution in [2.24, 2.45) is 0 Å². The first-order valence-corrected chi connectivity index (χ1v) is 4.66. The monoisotopic (exact) mass is 196 g/mol. The summed E-state index contributed by atoms with van der Waals surface area (Å²) in [5.41, 5.74) is 0.968. The van der Waals surface area contributed by atoms with Crippen molar-refractivity contribution >= 4 is 0 Å². The highest BCUT2D eigenvalue weighted by molar-refractivity contribution is 5.20. The Hall–Kier alpha value is -1.13. The summed E-state index contributed by atoms with van der Waals surface area (Å²) >= 11 is 0. The number of hydrogen-bond donors (Lipinski definition) is 2. The number of nitrogens with zero attached hydrogens (tertiary/aromatic N) is 1. The maximum absolute atomic E-state index is 9.12. The molecular weight excluding hydrogens is 180 g/mol. The maximum Gasteiger partial charge on any atom is 0.212 e. The summed E-state index contributed by atoms with van der Waals surface area (Å²) in [4.78, 5) is 4.07. The van der Waals surface area contributed by atoms with Crippen LogP contribution in [0.3, 0.4) is 0 Å². The molecule has 1 aromatic rings. The van der Waals surface area contributed by atoms with E-state index in [4.69, 9.17) is 9.84 Å². The molecule has 0 radical (unpaired) electrons. The molecule has 78 valence electrons. The first-order chi connectivity index (χ1) is 6.81. The van der Waals surface area contributed by atoms with Gasteiger partial charge in [-0.2, -0.15) is 0 Å². The Morgan fingerprint density at radius 3 is 2.79 bits per heavy atom. The highest BCUT2D eigenvalue weighted by atomic mass is 16.5. The second-order valence-corrected chi connectivity index (χ2v) is 2.93. The van der Waals surface area contributed by atoms with Crippen molar-refractivity contribution in [3.8, 4) is 5.88 Å². The summed E-state index contributed by atoms with van der Waals surface area (Å²) in [7, 11) is 1.58. The van der Waals surface area contributed by atoms with Crippen LogP contribution >= 0.6 is 0 Å². The Kier molecular flexibility index (Phi) is 4.35. The average Bonchev–Trinajstić information content (AvgIpc) is 2.26. The molecule has 1 atom stereocenters. The van der Waals surface area contributed by atoms with Gasteiger partial charge in [-0.25, -0.2) is 4.98 Å². The molecule has 0 aliphatic heterocycles. The zero-order valence-corrected chi connectivity index (χ0v) is 8.53. The van der Waals surface area contributed by atoms with Crippen LogP contribution in [0.2, 0.25) is 0 Å². The number of aromatic nitrogens is 1. The van der Waals surface area contributed by atoms with Gasteiger partial charge in [0.05, 0.1) is 19.8 Å². The molecular formula is C10H16N2O2. The number of aliphatic hydroxyl groups is 1. The van der Waals surface area contributed by atoms with E-state index in [9.17, 15) is 0 Å². The second-order valence-electron chi connectivity index (χ2n) is 2.93. The number of aliphatic hydroxyl groups excluding tert-OH is 1. The van der Waals surface area contributed by atoms with Gasteiger partial charge >= 0.3 is 0 Å². The normalized spacial score (nSPS) is 12.5. The first-order valence-electron chi connectivity index (χ1n) is 4.66. The molecule has 1 aromatic heterocycles. The molecule has 0 bridgehead atoms. The van der Waals surface area contributed by atoms with Crippen LogP contribution in [0.15, 0.2) is 18.3 Å². The van der Waals surface area contributed by atoms with Crippen LogP contribution in [-0.2, 0) is 0 Å². The largest absolute Gasteiger partial charge is 0.481 e. The Labute approximate surface area is 83.9 Å². The summed E-state index contributed by atoms with van der Waals surface area (Å²) in [6.07, 6.45) is 1.71. The molecule has 4 heteroatoms. The third-order valence-corrected chi connectivity index (χ3v) is 2.00. The molecule has 0 aliphatic carbocycles. The lowest BCUT2D eigenvalue weighted by Gasteiger charge is -2.14. The van der Waals surface area contributed by atoms with E-state index < -0.39 is 0 Å². The van der Waals surface area contributed by atoms with Gasteiger partial charge in [-0.15, -0.1) is 0 Å². The molecule has 0 saturated heterocycles. The molecule has 4 nitrogen and oxygen atoms in total. The topological polar surface area (TPSA) is 54.4 Å². The van der Waals surface area contributed by atoms with E-state index in [0.717, 1.165) is 12.1 Å². The van der Waals surface area contributed by atoms with Crippen LogP contribution in [0.1, 0.15) is 18.5 Å². The average molecular weight is 196 g/mol. The van der Waals surface area contributed by atoms with Gasteiger partial charge in [-0.05, 0) is 12.1 Å². The quantitative estimate of drug-likeness (QED) is 0.729. The molecule has 0 fully saturated rings. The van der Waals surface area contributed by atoms with Crippen LogP contribution < -0.4 is 10.1 Å². The lowest BCUT2D eigenvalue weighted by molar-refractivity contribution is 0.246. The number of pyridine rings is 1. The predicted octanol–water partition coefficient (Wildman–Crippen LogP) is 0.733. The lowest BCUT2D eigenvalue weighted by Crippen LogP contribution is -2.24. The van der Waals surface area contributed by atoms with Crippen LogP contribution in [0, 0.1) is 0 Å². The number of likely N-dealkylation sites (N-methyl/N-ethyl adjacent to an activating group) is 1. The Balaban J connectivity index is 2.73. The van der Waals surface area contributed by atoms with Gasteiger partial charge in [-0.3, -0.25) is 0 Å². The fraction of sp³-hybridized carbons (Fsp3) is 0.500. The minimum atomic E-state index is -0.0431. The number of methoxy groups -OCH3 is 1. The van der Waals surface area contributed by atoms with Crippen molar-refractivity contribution in [3.63, 3.8) is 0 Å². The molecule has 0 amide bonds. The third kappa shape index (κ3) is 2.68. The van der Waals surface area contributed by atoms with Crippen molar-refractivity contribution in [1.82, 2.24) is 10.3 Å². The summed E-state index contributed by atoms with van der Waals surface area (Å²) in [5.74, 6) is 0.585. The Morgan fingerprint density at radius 2 is 2.36 bits per heavy atom. The number of hydrogen-bond acceptors (Lipinski definition) is 4. The molecule has 0 spiro atoms. The number of nitrogens with one attached hydrogen (secondary N) is 1. The van der Waals surface area contributed by atoms with E-state index in [-0.39, 0.29) is 12.6 Å². The minimum Gasteiger partial charge on any atom is -0.481 e. The van der Waals surface area contributed by atoms with Crippen LogP contribution in [0.4, 0.5) is 0 Å². The van der Waals surface area contributed by atoms with Crippen LogP contribution in [0.25, 0.3) is 0 Å². The van der Waals surface area contributed by atoms with Crippen molar-refractivity contribution in [2.45, 2.75) is 13.0 Å². The van der Waals surface area contributed by atoms with Crippen molar-refractivity contribution < 1.29 is 9.84 Å². The van der Waals surface area contributed by atoms with Gasteiger partial charge in [0.1, 0.15) is 0 Å². The summed E-state index contributed by atoms with van der Waals surface area (Å²) < 4.78 is 4.95. The second kappa shape index (κ2) is 5.57. The molecule has 0 saturated carbocycles. The summed E-state index contributed by atoms with van der Waals surface area (Å²) in [6, 6.07) is 3.64. The molecule has 2 N–H and O–H groups in total. The smallest absolute Gasteiger partial charge is 0.212 e. The highest BCUT2D eigenvalue weighted by Gasteiger charge is 2.08. The van der Waals surface area contributed by atoms with Crippen molar-refractivity contribution in [3.05, 3.63) is 23.9 Å². The van der Waals surface area contributed by atoms with E-state index in [1.165, 1.54) is 0 Å². The number of rotatable bonds is 5. The molecule has 0 aliphatic rings. The van der Waals surface area contributed by atoms with E-state index in [1.54, 1.807) is 19.4 Å². The van der Waals surface area contributed by atoms with Crippen molar-refractivity contribution in [1.29, 1.82) is 0 Å². The fourth-order valence-electron chi connectivity index (χ4n) is 1.25. The minimum absolute atomic E-state index is 0.0431.